The minimum atomic E-state index is -3.69. The van der Waals surface area contributed by atoms with Gasteiger partial charge in [-0.1, -0.05) is 38.3 Å². The first-order chi connectivity index (χ1) is 21.7. The number of nitrogens with zero attached hydrogens (tertiary/aromatic N) is 3. The Bertz CT molecular complexity index is 1320. The Morgan fingerprint density at radius 3 is 2.37 bits per heavy atom. The zero-order chi connectivity index (χ0) is 33.6. The fraction of sp³-hybridized carbons (Fsp3) is 0.697. The van der Waals surface area contributed by atoms with Crippen molar-refractivity contribution in [3.05, 3.63) is 47.5 Å². The number of sulfone groups is 1. The van der Waals surface area contributed by atoms with Crippen LogP contribution in [0.25, 0.3) is 0 Å². The van der Waals surface area contributed by atoms with Crippen LogP contribution in [0.1, 0.15) is 84.1 Å². The third-order valence-corrected chi connectivity index (χ3v) is 11.1. The van der Waals surface area contributed by atoms with Crippen LogP contribution in [0.5, 0.6) is 0 Å². The maximum absolute atomic E-state index is 13.9. The summed E-state index contributed by atoms with van der Waals surface area (Å²) in [5.74, 6) is -1.67. The molecule has 1 aromatic rings. The van der Waals surface area contributed by atoms with Gasteiger partial charge in [0.25, 0.3) is 0 Å². The zero-order valence-electron chi connectivity index (χ0n) is 27.4. The van der Waals surface area contributed by atoms with Crippen LogP contribution in [-0.4, -0.2) is 93.9 Å². The first kappa shape index (κ1) is 36.1. The molecular formula is C33H52FN5O6S. The van der Waals surface area contributed by atoms with Crippen molar-refractivity contribution < 1.29 is 32.6 Å². The van der Waals surface area contributed by atoms with Crippen LogP contribution in [0, 0.1) is 17.7 Å². The molecule has 4 rings (SSSR count). The molecule has 0 bridgehead atoms. The molecule has 1 aliphatic heterocycles. The van der Waals surface area contributed by atoms with Gasteiger partial charge in [-0.2, -0.15) is 0 Å². The number of halogens is 1. The van der Waals surface area contributed by atoms with E-state index in [9.17, 15) is 32.6 Å². The number of aliphatic hydroxyl groups is 2. The molecule has 3 aliphatic rings. The monoisotopic (exact) mass is 665 g/mol. The van der Waals surface area contributed by atoms with Crippen molar-refractivity contribution in [2.75, 3.05) is 25.4 Å². The third kappa shape index (κ3) is 10.1. The van der Waals surface area contributed by atoms with Gasteiger partial charge < -0.3 is 25.7 Å². The minimum absolute atomic E-state index is 0.0494. The zero-order valence-corrected chi connectivity index (χ0v) is 28.2. The number of allylic oxidation sites excluding steroid dienone is 1. The standard InChI is InChI=1S/C33H52FN5O6S/c1-23(17-24-9-11-26(34)12-10-24)31(43)36-38(20-29(41)21-40)30(42)16-15-28-19-37(18-25-7-5-4-6-8-25)32(39(28)27-13-14-27)46(44,45)22-33(2,3)35/h9-12,19,23,25,27,29,32,40-41H,4-8,13-18,20-22,35H2,1-3H3,(H,36,43). The van der Waals surface area contributed by atoms with Gasteiger partial charge in [-0.25, -0.2) is 12.8 Å². The average molecular weight is 666 g/mol. The molecule has 3 atom stereocenters. The molecule has 1 heterocycles. The topological polar surface area (TPSA) is 157 Å². The number of hydrazine groups is 1. The van der Waals surface area contributed by atoms with Gasteiger partial charge >= 0.3 is 0 Å². The molecule has 11 nitrogen and oxygen atoms in total. The lowest BCUT2D eigenvalue weighted by Crippen LogP contribution is -2.53. The summed E-state index contributed by atoms with van der Waals surface area (Å²) in [4.78, 5) is 30.5. The number of hydrogen-bond donors (Lipinski definition) is 4. The molecule has 258 valence electrons. The van der Waals surface area contributed by atoms with E-state index in [0.717, 1.165) is 54.8 Å². The van der Waals surface area contributed by atoms with Crippen LogP contribution in [0.4, 0.5) is 4.39 Å². The van der Waals surface area contributed by atoms with Gasteiger partial charge in [0.2, 0.25) is 17.3 Å². The lowest BCUT2D eigenvalue weighted by Gasteiger charge is -2.37. The maximum atomic E-state index is 13.9. The smallest absolute Gasteiger partial charge is 0.241 e. The molecule has 1 aromatic carbocycles. The van der Waals surface area contributed by atoms with E-state index in [4.69, 9.17) is 5.73 Å². The molecule has 0 saturated heterocycles. The van der Waals surface area contributed by atoms with Gasteiger partial charge in [-0.3, -0.25) is 20.0 Å². The van der Waals surface area contributed by atoms with E-state index in [-0.39, 0.29) is 37.0 Å². The Morgan fingerprint density at radius 2 is 1.78 bits per heavy atom. The Balaban J connectivity index is 1.49. The van der Waals surface area contributed by atoms with Crippen molar-refractivity contribution in [3.8, 4) is 0 Å². The number of amides is 2. The fourth-order valence-electron chi connectivity index (χ4n) is 6.53. The van der Waals surface area contributed by atoms with Crippen molar-refractivity contribution in [1.29, 1.82) is 0 Å². The van der Waals surface area contributed by atoms with Gasteiger partial charge in [-0.15, -0.1) is 0 Å². The summed E-state index contributed by atoms with van der Waals surface area (Å²) in [5.41, 5.74) is 8.54. The first-order valence-corrected chi connectivity index (χ1v) is 18.3. The largest absolute Gasteiger partial charge is 0.394 e. The maximum Gasteiger partial charge on any atom is 0.241 e. The molecule has 2 amide bonds. The summed E-state index contributed by atoms with van der Waals surface area (Å²) in [6.45, 7) is 4.81. The Hall–Kier alpha value is -2.74. The predicted octanol–water partition coefficient (Wildman–Crippen LogP) is 2.63. The normalized spacial score (nSPS) is 20.8. The van der Waals surface area contributed by atoms with Crippen LogP contribution in [0.2, 0.25) is 0 Å². The average Bonchev–Trinajstić information content (AvgIpc) is 3.76. The Morgan fingerprint density at radius 1 is 1.13 bits per heavy atom. The quantitative estimate of drug-likeness (QED) is 0.207. The second-order valence-corrected chi connectivity index (χ2v) is 16.2. The van der Waals surface area contributed by atoms with Crippen molar-refractivity contribution in [2.24, 2.45) is 17.6 Å². The van der Waals surface area contributed by atoms with Crippen molar-refractivity contribution >= 4 is 21.7 Å². The van der Waals surface area contributed by atoms with Crippen LogP contribution in [0.3, 0.4) is 0 Å². The van der Waals surface area contributed by atoms with E-state index in [1.807, 2.05) is 16.0 Å². The lowest BCUT2D eigenvalue weighted by atomic mass is 9.89. The van der Waals surface area contributed by atoms with Crippen LogP contribution in [0.15, 0.2) is 36.2 Å². The number of carbonyl (C=O) groups excluding carboxylic acids is 2. The van der Waals surface area contributed by atoms with Crippen LogP contribution < -0.4 is 11.2 Å². The highest BCUT2D eigenvalue weighted by Gasteiger charge is 2.48. The lowest BCUT2D eigenvalue weighted by molar-refractivity contribution is -0.145. The summed E-state index contributed by atoms with van der Waals surface area (Å²) >= 11 is 0. The molecule has 2 aliphatic carbocycles. The summed E-state index contributed by atoms with van der Waals surface area (Å²) in [7, 11) is -3.69. The number of benzene rings is 1. The number of carbonyl (C=O) groups is 2. The molecule has 13 heteroatoms. The van der Waals surface area contributed by atoms with E-state index in [1.165, 1.54) is 18.6 Å². The molecule has 2 fully saturated rings. The number of rotatable bonds is 15. The molecule has 2 saturated carbocycles. The van der Waals surface area contributed by atoms with E-state index < -0.39 is 51.3 Å². The Kier molecular flexibility index (Phi) is 12.1. The molecule has 0 spiro atoms. The summed E-state index contributed by atoms with van der Waals surface area (Å²) < 4.78 is 41.2. The van der Waals surface area contributed by atoms with E-state index in [2.05, 4.69) is 5.43 Å². The van der Waals surface area contributed by atoms with Gasteiger partial charge in [0.05, 0.1) is 25.0 Å². The molecule has 3 unspecified atom stereocenters. The molecular weight excluding hydrogens is 613 g/mol. The van der Waals surface area contributed by atoms with Crippen molar-refractivity contribution in [2.45, 2.75) is 108 Å². The van der Waals surface area contributed by atoms with E-state index >= 15 is 0 Å². The molecule has 0 radical (unpaired) electrons. The molecule has 0 aromatic heterocycles. The van der Waals surface area contributed by atoms with Crippen molar-refractivity contribution in [3.63, 3.8) is 0 Å². The predicted molar refractivity (Wildman–Crippen MR) is 174 cm³/mol. The van der Waals surface area contributed by atoms with E-state index in [0.29, 0.717) is 18.9 Å². The van der Waals surface area contributed by atoms with Gasteiger partial charge in [0.15, 0.2) is 9.84 Å². The minimum Gasteiger partial charge on any atom is -0.394 e. The van der Waals surface area contributed by atoms with Gasteiger partial charge in [0, 0.05) is 42.4 Å². The highest BCUT2D eigenvalue weighted by molar-refractivity contribution is 7.92. The van der Waals surface area contributed by atoms with Gasteiger partial charge in [-0.05, 0) is 76.0 Å². The van der Waals surface area contributed by atoms with Crippen LogP contribution >= 0.6 is 0 Å². The second kappa shape index (κ2) is 15.4. The number of nitrogens with one attached hydrogen (secondary N) is 1. The van der Waals surface area contributed by atoms with Crippen LogP contribution in [-0.2, 0) is 25.8 Å². The summed E-state index contributed by atoms with van der Waals surface area (Å²) in [5, 5.41) is 20.7. The fourth-order valence-corrected chi connectivity index (χ4v) is 8.93. The number of hydrogen-bond acceptors (Lipinski definition) is 9. The summed E-state index contributed by atoms with van der Waals surface area (Å²) in [6.07, 6.45) is 8.41. The summed E-state index contributed by atoms with van der Waals surface area (Å²) in [6, 6.07) is 5.88. The number of nitrogens with two attached hydrogens (primary N) is 1. The van der Waals surface area contributed by atoms with Crippen molar-refractivity contribution in [1.82, 2.24) is 20.2 Å². The first-order valence-electron chi connectivity index (χ1n) is 16.6. The van der Waals surface area contributed by atoms with Gasteiger partial charge in [0.1, 0.15) is 5.82 Å². The SMILES string of the molecule is CC(Cc1ccc(F)cc1)C(=O)NN(CC(O)CO)C(=O)CCC1=CN(CC2CCCCC2)C(S(=O)(=O)CC(C)(C)N)N1C1CC1. The highest BCUT2D eigenvalue weighted by Crippen LogP contribution is 2.41. The van der Waals surface area contributed by atoms with E-state index in [1.54, 1.807) is 32.9 Å². The second-order valence-electron chi connectivity index (χ2n) is 14.1. The highest BCUT2D eigenvalue weighted by atomic mass is 32.2. The Labute approximate surface area is 272 Å². The molecule has 5 N–H and O–H groups in total. The molecule has 46 heavy (non-hydrogen) atoms. The third-order valence-electron chi connectivity index (χ3n) is 8.84. The number of aliphatic hydroxyl groups excluding tert-OH is 2.